The van der Waals surface area contributed by atoms with E-state index in [9.17, 15) is 4.79 Å². The third-order valence-electron chi connectivity index (χ3n) is 3.28. The lowest BCUT2D eigenvalue weighted by molar-refractivity contribution is -0.141. The number of allylic oxidation sites excluding steroid dienone is 1. The lowest BCUT2D eigenvalue weighted by Gasteiger charge is -2.02. The second-order valence-electron chi connectivity index (χ2n) is 5.26. The Kier molecular flexibility index (Phi) is 9.42. The van der Waals surface area contributed by atoms with Crippen molar-refractivity contribution in [1.82, 2.24) is 0 Å². The highest BCUT2D eigenvalue weighted by atomic mass is 16.6. The van der Waals surface area contributed by atoms with Gasteiger partial charge < -0.3 is 9.47 Å². The Morgan fingerprint density at radius 2 is 1.68 bits per heavy atom. The van der Waals surface area contributed by atoms with Crippen LogP contribution >= 0.6 is 0 Å². The van der Waals surface area contributed by atoms with Crippen LogP contribution in [-0.4, -0.2) is 25.3 Å². The standard InChI is InChI=1S/C16H28O3/c1-15(17)18-13-11-9-7-5-3-2-4-6-8-10-12-16-14-19-16/h10,12,16H,2-9,11,13-14H2,1H3/b12-10-. The molecule has 3 heteroatoms. The monoisotopic (exact) mass is 268 g/mol. The van der Waals surface area contributed by atoms with Crippen LogP contribution in [0.15, 0.2) is 12.2 Å². The Morgan fingerprint density at radius 1 is 1.11 bits per heavy atom. The molecule has 110 valence electrons. The van der Waals surface area contributed by atoms with E-state index in [-0.39, 0.29) is 5.97 Å². The maximum absolute atomic E-state index is 10.5. The van der Waals surface area contributed by atoms with Crippen molar-refractivity contribution < 1.29 is 14.3 Å². The maximum atomic E-state index is 10.5. The maximum Gasteiger partial charge on any atom is 0.302 e. The minimum atomic E-state index is -0.165. The van der Waals surface area contributed by atoms with Gasteiger partial charge in [0, 0.05) is 6.92 Å². The second kappa shape index (κ2) is 11.0. The first kappa shape index (κ1) is 16.2. The van der Waals surface area contributed by atoms with Gasteiger partial charge in [0.2, 0.25) is 0 Å². The molecule has 1 atom stereocenters. The van der Waals surface area contributed by atoms with Crippen molar-refractivity contribution in [2.24, 2.45) is 0 Å². The van der Waals surface area contributed by atoms with Crippen LogP contribution in [0.1, 0.15) is 64.7 Å². The summed E-state index contributed by atoms with van der Waals surface area (Å²) in [6, 6.07) is 0. The quantitative estimate of drug-likeness (QED) is 0.232. The highest BCUT2D eigenvalue weighted by Gasteiger charge is 2.17. The van der Waals surface area contributed by atoms with Crippen LogP contribution in [0.4, 0.5) is 0 Å². The average molecular weight is 268 g/mol. The van der Waals surface area contributed by atoms with Gasteiger partial charge >= 0.3 is 5.97 Å². The topological polar surface area (TPSA) is 38.8 Å². The van der Waals surface area contributed by atoms with Gasteiger partial charge in [0.15, 0.2) is 0 Å². The summed E-state index contributed by atoms with van der Waals surface area (Å²) in [6.45, 7) is 2.98. The van der Waals surface area contributed by atoms with Gasteiger partial charge in [0.1, 0.15) is 0 Å². The van der Waals surface area contributed by atoms with Crippen molar-refractivity contribution in [3.8, 4) is 0 Å². The predicted molar refractivity (Wildman–Crippen MR) is 77.1 cm³/mol. The van der Waals surface area contributed by atoms with E-state index in [4.69, 9.17) is 9.47 Å². The smallest absolute Gasteiger partial charge is 0.302 e. The summed E-state index contributed by atoms with van der Waals surface area (Å²) < 4.78 is 10.00. The van der Waals surface area contributed by atoms with E-state index in [1.807, 2.05) is 0 Å². The molecular weight excluding hydrogens is 240 g/mol. The Hall–Kier alpha value is -0.830. The van der Waals surface area contributed by atoms with Gasteiger partial charge in [0.05, 0.1) is 19.3 Å². The normalized spacial score (nSPS) is 17.8. The summed E-state index contributed by atoms with van der Waals surface area (Å²) >= 11 is 0. The Morgan fingerprint density at radius 3 is 2.26 bits per heavy atom. The molecule has 1 heterocycles. The summed E-state index contributed by atoms with van der Waals surface area (Å²) in [7, 11) is 0. The van der Waals surface area contributed by atoms with E-state index in [2.05, 4.69) is 12.2 Å². The fraction of sp³-hybridized carbons (Fsp3) is 0.812. The SMILES string of the molecule is CC(=O)OCCCCCCCCCC/C=C\C1CO1. The van der Waals surface area contributed by atoms with Gasteiger partial charge in [-0.15, -0.1) is 0 Å². The van der Waals surface area contributed by atoms with Crippen LogP contribution in [0.25, 0.3) is 0 Å². The molecule has 0 N–H and O–H groups in total. The molecule has 1 aliphatic rings. The molecule has 0 aromatic rings. The second-order valence-corrected chi connectivity index (χ2v) is 5.26. The number of carbonyl (C=O) groups is 1. The lowest BCUT2D eigenvalue weighted by atomic mass is 10.1. The number of ether oxygens (including phenoxy) is 2. The van der Waals surface area contributed by atoms with Crippen LogP contribution in [0, 0.1) is 0 Å². The van der Waals surface area contributed by atoms with E-state index in [0.717, 1.165) is 13.0 Å². The van der Waals surface area contributed by atoms with Gasteiger partial charge in [-0.05, 0) is 19.3 Å². The number of rotatable bonds is 12. The van der Waals surface area contributed by atoms with Crippen LogP contribution in [0.2, 0.25) is 0 Å². The summed E-state index contributed by atoms with van der Waals surface area (Å²) in [6.07, 6.45) is 16.2. The molecule has 0 amide bonds. The molecule has 0 bridgehead atoms. The Labute approximate surface area is 117 Å². The highest BCUT2D eigenvalue weighted by molar-refractivity contribution is 5.65. The molecule has 0 aliphatic carbocycles. The van der Waals surface area contributed by atoms with Crippen molar-refractivity contribution in [3.63, 3.8) is 0 Å². The van der Waals surface area contributed by atoms with Crippen molar-refractivity contribution in [3.05, 3.63) is 12.2 Å². The van der Waals surface area contributed by atoms with Crippen molar-refractivity contribution in [2.75, 3.05) is 13.2 Å². The molecule has 1 fully saturated rings. The first-order chi connectivity index (χ1) is 9.29. The van der Waals surface area contributed by atoms with E-state index in [0.29, 0.717) is 12.7 Å². The van der Waals surface area contributed by atoms with Crippen molar-refractivity contribution in [1.29, 1.82) is 0 Å². The number of epoxide rings is 1. The molecule has 3 nitrogen and oxygen atoms in total. The van der Waals surface area contributed by atoms with E-state index in [1.165, 1.54) is 58.3 Å². The summed E-state index contributed by atoms with van der Waals surface area (Å²) in [5.74, 6) is -0.165. The van der Waals surface area contributed by atoms with Gasteiger partial charge in [-0.1, -0.05) is 50.7 Å². The fourth-order valence-electron chi connectivity index (χ4n) is 2.06. The average Bonchev–Trinajstić information content (AvgIpc) is 3.18. The molecule has 1 unspecified atom stereocenters. The molecule has 0 radical (unpaired) electrons. The fourth-order valence-corrected chi connectivity index (χ4v) is 2.06. The first-order valence-electron chi connectivity index (χ1n) is 7.70. The molecule has 1 aliphatic heterocycles. The van der Waals surface area contributed by atoms with Crippen molar-refractivity contribution in [2.45, 2.75) is 70.8 Å². The number of hydrogen-bond donors (Lipinski definition) is 0. The first-order valence-corrected chi connectivity index (χ1v) is 7.70. The Bertz CT molecular complexity index is 257. The number of unbranched alkanes of at least 4 members (excludes halogenated alkanes) is 8. The molecule has 1 rings (SSSR count). The summed E-state index contributed by atoms with van der Waals surface area (Å²) in [4.78, 5) is 10.5. The molecule has 19 heavy (non-hydrogen) atoms. The highest BCUT2D eigenvalue weighted by Crippen LogP contribution is 2.12. The zero-order chi connectivity index (χ0) is 13.8. The minimum Gasteiger partial charge on any atom is -0.466 e. The van der Waals surface area contributed by atoms with E-state index in [1.54, 1.807) is 0 Å². The van der Waals surface area contributed by atoms with Gasteiger partial charge in [-0.2, -0.15) is 0 Å². The van der Waals surface area contributed by atoms with Crippen LogP contribution < -0.4 is 0 Å². The number of carbonyl (C=O) groups excluding carboxylic acids is 1. The van der Waals surface area contributed by atoms with E-state index >= 15 is 0 Å². The summed E-state index contributed by atoms with van der Waals surface area (Å²) in [5.41, 5.74) is 0. The molecule has 0 aromatic heterocycles. The zero-order valence-corrected chi connectivity index (χ0v) is 12.2. The third-order valence-corrected chi connectivity index (χ3v) is 3.28. The van der Waals surface area contributed by atoms with Crippen molar-refractivity contribution >= 4 is 5.97 Å². The van der Waals surface area contributed by atoms with Crippen LogP contribution in [-0.2, 0) is 14.3 Å². The number of hydrogen-bond acceptors (Lipinski definition) is 3. The van der Waals surface area contributed by atoms with Gasteiger partial charge in [-0.3, -0.25) is 4.79 Å². The lowest BCUT2D eigenvalue weighted by Crippen LogP contribution is -2.00. The van der Waals surface area contributed by atoms with Gasteiger partial charge in [0.25, 0.3) is 0 Å². The molecule has 0 aromatic carbocycles. The molecule has 0 spiro atoms. The zero-order valence-electron chi connectivity index (χ0n) is 12.2. The van der Waals surface area contributed by atoms with Gasteiger partial charge in [-0.25, -0.2) is 0 Å². The minimum absolute atomic E-state index is 0.165. The number of esters is 1. The van der Waals surface area contributed by atoms with Crippen LogP contribution in [0.3, 0.4) is 0 Å². The largest absolute Gasteiger partial charge is 0.466 e. The predicted octanol–water partition coefficient (Wildman–Crippen LogP) is 4.02. The van der Waals surface area contributed by atoms with Crippen LogP contribution in [0.5, 0.6) is 0 Å². The third kappa shape index (κ3) is 12.0. The summed E-state index contributed by atoms with van der Waals surface area (Å²) in [5, 5.41) is 0. The molecule has 1 saturated heterocycles. The van der Waals surface area contributed by atoms with E-state index < -0.39 is 0 Å². The Balaban J connectivity index is 1.67. The molecule has 0 saturated carbocycles. The molecular formula is C16H28O3.